The number of aryl methyl sites for hydroxylation is 2. The summed E-state index contributed by atoms with van der Waals surface area (Å²) >= 11 is 3.45. The summed E-state index contributed by atoms with van der Waals surface area (Å²) < 4.78 is 2.25. The number of fused-ring (bicyclic) bond motifs is 1. The van der Waals surface area contributed by atoms with Gasteiger partial charge in [0.05, 0.1) is 11.4 Å². The van der Waals surface area contributed by atoms with Gasteiger partial charge in [0.15, 0.2) is 4.96 Å². The summed E-state index contributed by atoms with van der Waals surface area (Å²) in [5.41, 5.74) is 5.02. The summed E-state index contributed by atoms with van der Waals surface area (Å²) in [4.78, 5) is 5.69. The Morgan fingerprint density at radius 1 is 1.28 bits per heavy atom. The molecule has 3 nitrogen and oxygen atoms in total. The first-order valence-electron chi connectivity index (χ1n) is 5.89. The van der Waals surface area contributed by atoms with Crippen molar-refractivity contribution < 1.29 is 0 Å². The molecule has 3 rings (SSSR count). The minimum atomic E-state index is 0.862. The lowest BCUT2D eigenvalue weighted by molar-refractivity contribution is 0.672. The van der Waals surface area contributed by atoms with Gasteiger partial charge in [-0.3, -0.25) is 4.40 Å². The van der Waals surface area contributed by atoms with Crippen LogP contribution >= 0.6 is 22.7 Å². The minimum absolute atomic E-state index is 0.862. The van der Waals surface area contributed by atoms with Crippen LogP contribution < -0.4 is 5.32 Å². The summed E-state index contributed by atoms with van der Waals surface area (Å²) in [5.74, 6) is 0. The molecule has 0 bridgehead atoms. The molecule has 0 saturated heterocycles. The number of aromatic nitrogens is 2. The van der Waals surface area contributed by atoms with Crippen molar-refractivity contribution >= 4 is 27.6 Å². The van der Waals surface area contributed by atoms with E-state index in [1.807, 2.05) is 0 Å². The fourth-order valence-corrected chi connectivity index (χ4v) is 3.69. The Kier molecular flexibility index (Phi) is 3.20. The zero-order chi connectivity index (χ0) is 12.5. The van der Waals surface area contributed by atoms with Gasteiger partial charge in [0.25, 0.3) is 0 Å². The van der Waals surface area contributed by atoms with Crippen LogP contribution in [0.25, 0.3) is 4.96 Å². The Bertz CT molecular complexity index is 649. The van der Waals surface area contributed by atoms with Gasteiger partial charge in [0, 0.05) is 24.2 Å². The molecule has 3 aromatic heterocycles. The summed E-state index contributed by atoms with van der Waals surface area (Å²) in [6, 6.07) is 2.16. The van der Waals surface area contributed by atoms with Crippen molar-refractivity contribution in [2.45, 2.75) is 26.9 Å². The number of hydrogen-bond acceptors (Lipinski definition) is 4. The zero-order valence-corrected chi connectivity index (χ0v) is 12.1. The molecule has 18 heavy (non-hydrogen) atoms. The monoisotopic (exact) mass is 277 g/mol. The Morgan fingerprint density at radius 2 is 2.17 bits per heavy atom. The molecule has 0 aliphatic rings. The van der Waals surface area contributed by atoms with Crippen molar-refractivity contribution in [3.8, 4) is 0 Å². The SMILES string of the molecule is Cc1nc2scc(C)n2c1CNCc1ccsc1. The molecule has 5 heteroatoms. The summed E-state index contributed by atoms with van der Waals surface area (Å²) in [5, 5.41) is 9.94. The molecule has 3 aromatic rings. The third-order valence-corrected chi connectivity index (χ3v) is 4.71. The average Bonchev–Trinajstić information content (AvgIpc) is 3.02. The van der Waals surface area contributed by atoms with Crippen LogP contribution in [0.1, 0.15) is 22.6 Å². The van der Waals surface area contributed by atoms with Crippen LogP contribution in [0, 0.1) is 13.8 Å². The number of imidazole rings is 1. The first-order chi connectivity index (χ1) is 8.75. The van der Waals surface area contributed by atoms with Crippen molar-refractivity contribution in [2.75, 3.05) is 0 Å². The maximum Gasteiger partial charge on any atom is 0.194 e. The van der Waals surface area contributed by atoms with Crippen molar-refractivity contribution in [1.82, 2.24) is 14.7 Å². The molecule has 0 fully saturated rings. The maximum absolute atomic E-state index is 4.59. The first kappa shape index (κ1) is 11.9. The minimum Gasteiger partial charge on any atom is -0.307 e. The number of hydrogen-bond donors (Lipinski definition) is 1. The normalized spacial score (nSPS) is 11.4. The number of rotatable bonds is 4. The molecule has 0 amide bonds. The molecule has 1 N–H and O–H groups in total. The molecule has 0 saturated carbocycles. The summed E-state index contributed by atoms with van der Waals surface area (Å²) in [7, 11) is 0. The molecule has 0 aliphatic heterocycles. The van der Waals surface area contributed by atoms with Crippen LogP contribution in [0.3, 0.4) is 0 Å². The van der Waals surface area contributed by atoms with Crippen molar-refractivity contribution in [3.05, 3.63) is 44.9 Å². The molecule has 0 radical (unpaired) electrons. The van der Waals surface area contributed by atoms with Crippen LogP contribution in [-0.2, 0) is 13.1 Å². The van der Waals surface area contributed by atoms with Crippen LogP contribution in [0.4, 0.5) is 0 Å². The van der Waals surface area contributed by atoms with E-state index in [0.29, 0.717) is 0 Å². The van der Waals surface area contributed by atoms with Crippen LogP contribution in [0.5, 0.6) is 0 Å². The highest BCUT2D eigenvalue weighted by atomic mass is 32.1. The zero-order valence-electron chi connectivity index (χ0n) is 10.4. The second-order valence-electron chi connectivity index (χ2n) is 4.37. The maximum atomic E-state index is 4.59. The lowest BCUT2D eigenvalue weighted by Crippen LogP contribution is -2.14. The predicted molar refractivity (Wildman–Crippen MR) is 77.4 cm³/mol. The van der Waals surface area contributed by atoms with Crippen LogP contribution in [0.15, 0.2) is 22.2 Å². The van der Waals surface area contributed by atoms with Crippen molar-refractivity contribution in [1.29, 1.82) is 0 Å². The second kappa shape index (κ2) is 4.84. The van der Waals surface area contributed by atoms with Gasteiger partial charge in [-0.05, 0) is 36.2 Å². The number of thiophene rings is 1. The standard InChI is InChI=1S/C13H15N3S2/c1-9-7-18-13-15-10(2)12(16(9)13)6-14-5-11-3-4-17-8-11/h3-4,7-8,14H,5-6H2,1-2H3. The average molecular weight is 277 g/mol. The fourth-order valence-electron chi connectivity index (χ4n) is 2.09. The molecule has 3 heterocycles. The Hall–Kier alpha value is -1.17. The topological polar surface area (TPSA) is 29.3 Å². The summed E-state index contributed by atoms with van der Waals surface area (Å²) in [6.07, 6.45) is 0. The van der Waals surface area contributed by atoms with Crippen molar-refractivity contribution in [2.24, 2.45) is 0 Å². The molecule has 0 aliphatic carbocycles. The Labute approximate surface area is 114 Å². The lowest BCUT2D eigenvalue weighted by Gasteiger charge is -2.05. The predicted octanol–water partition coefficient (Wildman–Crippen LogP) is 3.36. The highest BCUT2D eigenvalue weighted by molar-refractivity contribution is 7.15. The van der Waals surface area contributed by atoms with Gasteiger partial charge >= 0.3 is 0 Å². The van der Waals surface area contributed by atoms with E-state index >= 15 is 0 Å². The van der Waals surface area contributed by atoms with E-state index in [0.717, 1.165) is 23.7 Å². The third kappa shape index (κ3) is 2.09. The highest BCUT2D eigenvalue weighted by Crippen LogP contribution is 2.20. The van der Waals surface area contributed by atoms with E-state index in [1.165, 1.54) is 17.0 Å². The van der Waals surface area contributed by atoms with Crippen LogP contribution in [0.2, 0.25) is 0 Å². The number of thiazole rings is 1. The molecule has 0 unspecified atom stereocenters. The smallest absolute Gasteiger partial charge is 0.194 e. The fraction of sp³-hybridized carbons (Fsp3) is 0.308. The number of nitrogens with one attached hydrogen (secondary N) is 1. The Balaban J connectivity index is 1.77. The van der Waals surface area contributed by atoms with E-state index in [4.69, 9.17) is 0 Å². The molecular weight excluding hydrogens is 262 g/mol. The quantitative estimate of drug-likeness (QED) is 0.792. The van der Waals surface area contributed by atoms with E-state index in [-0.39, 0.29) is 0 Å². The largest absolute Gasteiger partial charge is 0.307 e. The first-order valence-corrected chi connectivity index (χ1v) is 7.72. The highest BCUT2D eigenvalue weighted by Gasteiger charge is 2.11. The molecular formula is C13H15N3S2. The molecule has 0 aromatic carbocycles. The number of nitrogens with zero attached hydrogens (tertiary/aromatic N) is 2. The van der Waals surface area contributed by atoms with E-state index in [1.54, 1.807) is 22.7 Å². The molecule has 0 spiro atoms. The van der Waals surface area contributed by atoms with Gasteiger partial charge in [0.1, 0.15) is 0 Å². The van der Waals surface area contributed by atoms with Gasteiger partial charge in [-0.15, -0.1) is 11.3 Å². The molecule has 0 atom stereocenters. The van der Waals surface area contributed by atoms with Crippen LogP contribution in [-0.4, -0.2) is 9.38 Å². The van der Waals surface area contributed by atoms with Gasteiger partial charge in [-0.1, -0.05) is 0 Å². The third-order valence-electron chi connectivity index (χ3n) is 3.03. The van der Waals surface area contributed by atoms with E-state index in [9.17, 15) is 0 Å². The Morgan fingerprint density at radius 3 is 2.94 bits per heavy atom. The van der Waals surface area contributed by atoms with E-state index < -0.39 is 0 Å². The second-order valence-corrected chi connectivity index (χ2v) is 5.99. The van der Waals surface area contributed by atoms with Gasteiger partial charge in [0.2, 0.25) is 0 Å². The van der Waals surface area contributed by atoms with Gasteiger partial charge in [-0.2, -0.15) is 11.3 Å². The van der Waals surface area contributed by atoms with E-state index in [2.05, 4.69) is 50.8 Å². The summed E-state index contributed by atoms with van der Waals surface area (Å²) in [6.45, 7) is 5.99. The van der Waals surface area contributed by atoms with Crippen molar-refractivity contribution in [3.63, 3.8) is 0 Å². The molecule has 94 valence electrons. The van der Waals surface area contributed by atoms with Gasteiger partial charge in [-0.25, -0.2) is 4.98 Å². The van der Waals surface area contributed by atoms with Gasteiger partial charge < -0.3 is 5.32 Å². The lowest BCUT2D eigenvalue weighted by atomic mass is 10.3.